The quantitative estimate of drug-likeness (QED) is 0.690. The van der Waals surface area contributed by atoms with E-state index >= 15 is 0 Å². The molecule has 3 heterocycles. The minimum Gasteiger partial charge on any atom is -0.379 e. The van der Waals surface area contributed by atoms with Crippen molar-refractivity contribution in [2.24, 2.45) is 12.8 Å². The summed E-state index contributed by atoms with van der Waals surface area (Å²) in [4.78, 5) is 38.8. The number of aromatic nitrogens is 2. The number of hydrogen-bond acceptors (Lipinski definition) is 6. The Kier molecular flexibility index (Phi) is 7.78. The first-order valence-corrected chi connectivity index (χ1v) is 10.7. The van der Waals surface area contributed by atoms with Crippen molar-refractivity contribution in [2.75, 3.05) is 39.4 Å². The van der Waals surface area contributed by atoms with Crippen molar-refractivity contribution in [1.29, 1.82) is 0 Å². The number of carbonyl (C=O) groups excluding carboxylic acids is 2. The molecule has 0 radical (unpaired) electrons. The number of piperidine rings is 1. The van der Waals surface area contributed by atoms with Gasteiger partial charge in [-0.25, -0.2) is 4.79 Å². The molecule has 9 heteroatoms. The maximum atomic E-state index is 12.8. The van der Waals surface area contributed by atoms with Gasteiger partial charge >= 0.3 is 5.69 Å². The van der Waals surface area contributed by atoms with E-state index in [0.717, 1.165) is 50.5 Å². The highest BCUT2D eigenvalue weighted by atomic mass is 16.5. The molecule has 1 aromatic carbocycles. The van der Waals surface area contributed by atoms with Gasteiger partial charge in [0.15, 0.2) is 0 Å². The van der Waals surface area contributed by atoms with Crippen LogP contribution in [0, 0.1) is 0 Å². The number of amides is 2. The summed E-state index contributed by atoms with van der Waals surface area (Å²) in [5, 5.41) is 2.33. The number of aryl methyl sites for hydroxylation is 1. The highest BCUT2D eigenvalue weighted by Gasteiger charge is 2.31. The molecular weight excluding hydrogens is 398 g/mol. The average molecular weight is 430 g/mol. The van der Waals surface area contributed by atoms with Gasteiger partial charge in [0.05, 0.1) is 24.2 Å². The summed E-state index contributed by atoms with van der Waals surface area (Å²) in [6.45, 7) is 6.93. The van der Waals surface area contributed by atoms with Crippen molar-refractivity contribution in [1.82, 2.24) is 19.4 Å². The summed E-state index contributed by atoms with van der Waals surface area (Å²) < 4.78 is 8.41. The number of morpholine rings is 1. The molecule has 1 unspecified atom stereocenters. The van der Waals surface area contributed by atoms with E-state index < -0.39 is 11.9 Å². The topological polar surface area (TPSA) is 112 Å². The Morgan fingerprint density at radius 3 is 2.58 bits per heavy atom. The van der Waals surface area contributed by atoms with Gasteiger partial charge in [0, 0.05) is 33.1 Å². The number of rotatable bonds is 4. The molecule has 3 N–H and O–H groups in total. The SMILES string of the molecule is CCN.Cn1c(=O)n(C2CCC(=O)NC2=O)c2ccc(/C=C/CN3CCOCC3)cc21. The number of ether oxygens (including phenoxy) is 1. The smallest absolute Gasteiger partial charge is 0.329 e. The van der Waals surface area contributed by atoms with E-state index in [9.17, 15) is 14.4 Å². The number of nitrogens with one attached hydrogen (secondary N) is 1. The minimum atomic E-state index is -0.656. The molecule has 4 rings (SSSR count). The molecule has 0 aliphatic carbocycles. The van der Waals surface area contributed by atoms with Gasteiger partial charge in [-0.05, 0) is 30.7 Å². The third-order valence-corrected chi connectivity index (χ3v) is 5.41. The Bertz CT molecular complexity index is 1020. The van der Waals surface area contributed by atoms with E-state index in [4.69, 9.17) is 10.5 Å². The first-order chi connectivity index (χ1) is 15.0. The van der Waals surface area contributed by atoms with Crippen LogP contribution in [0.5, 0.6) is 0 Å². The number of nitrogens with zero attached hydrogens (tertiary/aromatic N) is 3. The second kappa shape index (κ2) is 10.5. The Morgan fingerprint density at radius 1 is 1.19 bits per heavy atom. The van der Waals surface area contributed by atoms with Crippen LogP contribution in [0.4, 0.5) is 0 Å². The van der Waals surface area contributed by atoms with Gasteiger partial charge in [-0.3, -0.25) is 28.9 Å². The van der Waals surface area contributed by atoms with Crippen LogP contribution in [-0.2, 0) is 21.4 Å². The molecule has 1 aromatic heterocycles. The lowest BCUT2D eigenvalue weighted by atomic mass is 10.1. The van der Waals surface area contributed by atoms with E-state index in [2.05, 4.69) is 16.3 Å². The number of imide groups is 1. The van der Waals surface area contributed by atoms with Gasteiger partial charge in [-0.2, -0.15) is 0 Å². The minimum absolute atomic E-state index is 0.238. The lowest BCUT2D eigenvalue weighted by Gasteiger charge is -2.25. The number of carbonyl (C=O) groups is 2. The van der Waals surface area contributed by atoms with Crippen LogP contribution in [0.1, 0.15) is 31.4 Å². The molecule has 0 spiro atoms. The van der Waals surface area contributed by atoms with Crippen molar-refractivity contribution in [3.8, 4) is 0 Å². The summed E-state index contributed by atoms with van der Waals surface area (Å²) >= 11 is 0. The van der Waals surface area contributed by atoms with Crippen molar-refractivity contribution in [2.45, 2.75) is 25.8 Å². The summed E-state index contributed by atoms with van der Waals surface area (Å²) in [6.07, 6.45) is 4.73. The Morgan fingerprint density at radius 2 is 1.90 bits per heavy atom. The number of benzene rings is 1. The third kappa shape index (κ3) is 5.30. The second-order valence-corrected chi connectivity index (χ2v) is 7.65. The fourth-order valence-corrected chi connectivity index (χ4v) is 3.84. The first-order valence-electron chi connectivity index (χ1n) is 10.7. The van der Waals surface area contributed by atoms with Crippen LogP contribution in [0.15, 0.2) is 29.1 Å². The van der Waals surface area contributed by atoms with Crippen molar-refractivity contribution in [3.05, 3.63) is 40.3 Å². The van der Waals surface area contributed by atoms with Gasteiger partial charge < -0.3 is 10.5 Å². The molecule has 9 nitrogen and oxygen atoms in total. The highest BCUT2D eigenvalue weighted by molar-refractivity contribution is 6.00. The van der Waals surface area contributed by atoms with E-state index in [-0.39, 0.29) is 18.0 Å². The summed E-state index contributed by atoms with van der Waals surface area (Å²) in [5.74, 6) is -0.706. The molecule has 0 bridgehead atoms. The summed E-state index contributed by atoms with van der Waals surface area (Å²) in [5.41, 5.74) is 7.06. The van der Waals surface area contributed by atoms with Gasteiger partial charge in [-0.1, -0.05) is 25.1 Å². The van der Waals surface area contributed by atoms with Gasteiger partial charge in [0.25, 0.3) is 0 Å². The van der Waals surface area contributed by atoms with Crippen LogP contribution in [0.3, 0.4) is 0 Å². The van der Waals surface area contributed by atoms with E-state index in [1.54, 1.807) is 11.6 Å². The molecule has 168 valence electrons. The normalized spacial score (nSPS) is 20.0. The van der Waals surface area contributed by atoms with Gasteiger partial charge in [0.2, 0.25) is 11.8 Å². The van der Waals surface area contributed by atoms with Crippen LogP contribution < -0.4 is 16.7 Å². The predicted octanol–water partition coefficient (Wildman–Crippen LogP) is 0.628. The molecule has 2 amide bonds. The summed E-state index contributed by atoms with van der Waals surface area (Å²) in [7, 11) is 1.70. The van der Waals surface area contributed by atoms with Gasteiger partial charge in [-0.15, -0.1) is 0 Å². The number of fused-ring (bicyclic) bond motifs is 1. The molecule has 31 heavy (non-hydrogen) atoms. The highest BCUT2D eigenvalue weighted by Crippen LogP contribution is 2.24. The van der Waals surface area contributed by atoms with Gasteiger partial charge in [0.1, 0.15) is 6.04 Å². The first kappa shape index (κ1) is 22.9. The molecule has 2 fully saturated rings. The molecule has 2 saturated heterocycles. The molecule has 1 atom stereocenters. The molecule has 2 aromatic rings. The number of imidazole rings is 1. The molecule has 0 saturated carbocycles. The third-order valence-electron chi connectivity index (χ3n) is 5.41. The fraction of sp³-hybridized carbons (Fsp3) is 0.500. The zero-order valence-electron chi connectivity index (χ0n) is 18.2. The maximum Gasteiger partial charge on any atom is 0.329 e. The zero-order valence-corrected chi connectivity index (χ0v) is 18.2. The monoisotopic (exact) mass is 429 g/mol. The van der Waals surface area contributed by atoms with Crippen LogP contribution in [0.2, 0.25) is 0 Å². The van der Waals surface area contributed by atoms with Crippen molar-refractivity contribution >= 4 is 28.9 Å². The summed E-state index contributed by atoms with van der Waals surface area (Å²) in [6, 6.07) is 5.11. The Hall–Kier alpha value is -2.75. The number of hydrogen-bond donors (Lipinski definition) is 2. The van der Waals surface area contributed by atoms with Crippen LogP contribution >= 0.6 is 0 Å². The van der Waals surface area contributed by atoms with E-state index in [0.29, 0.717) is 11.9 Å². The van der Waals surface area contributed by atoms with Crippen molar-refractivity contribution < 1.29 is 14.3 Å². The maximum absolute atomic E-state index is 12.8. The van der Waals surface area contributed by atoms with E-state index in [1.165, 1.54) is 4.57 Å². The zero-order chi connectivity index (χ0) is 22.4. The molecular formula is C22H31N5O4. The molecule has 2 aliphatic rings. The Labute approximate surface area is 181 Å². The fourth-order valence-electron chi connectivity index (χ4n) is 3.84. The lowest BCUT2D eigenvalue weighted by molar-refractivity contribution is -0.135. The number of nitrogens with two attached hydrogens (primary N) is 1. The second-order valence-electron chi connectivity index (χ2n) is 7.65. The van der Waals surface area contributed by atoms with E-state index in [1.807, 2.05) is 31.2 Å². The lowest BCUT2D eigenvalue weighted by Crippen LogP contribution is -2.44. The van der Waals surface area contributed by atoms with Crippen LogP contribution in [0.25, 0.3) is 17.1 Å². The predicted molar refractivity (Wildman–Crippen MR) is 120 cm³/mol. The standard InChI is InChI=1S/C20H24N4O4.C2H7N/c1-22-17-13-14(3-2-8-23-9-11-28-12-10-23)4-5-15(17)24(20(22)27)16-6-7-18(25)21-19(16)26;1-2-3/h2-5,13,16H,6-12H2,1H3,(H,21,25,26);2-3H2,1H3/b3-2+;. The largest absolute Gasteiger partial charge is 0.379 e. The average Bonchev–Trinajstić information content (AvgIpc) is 3.00. The Balaban J connectivity index is 0.000000858. The van der Waals surface area contributed by atoms with Crippen molar-refractivity contribution in [3.63, 3.8) is 0 Å². The van der Waals surface area contributed by atoms with Crippen LogP contribution in [-0.4, -0.2) is 65.2 Å². The molecule has 2 aliphatic heterocycles.